The molecule has 3 rings (SSSR count). The fraction of sp³-hybridized carbons (Fsp3) is 0.333. The van der Waals surface area contributed by atoms with Gasteiger partial charge in [-0.15, -0.1) is 0 Å². The number of benzene rings is 1. The summed E-state index contributed by atoms with van der Waals surface area (Å²) in [6, 6.07) is 4.76. The molecule has 0 saturated heterocycles. The van der Waals surface area contributed by atoms with Crippen LogP contribution >= 0.6 is 15.9 Å². The molecule has 1 atom stereocenters. The van der Waals surface area contributed by atoms with Gasteiger partial charge < -0.3 is 20.1 Å². The largest absolute Gasteiger partial charge is 0.418 e. The number of hydrogen-bond acceptors (Lipinski definition) is 7. The zero-order valence-electron chi connectivity index (χ0n) is 18.1. The van der Waals surface area contributed by atoms with Crippen LogP contribution in [0.1, 0.15) is 11.1 Å². The lowest BCUT2D eigenvalue weighted by molar-refractivity contribution is -0.136. The summed E-state index contributed by atoms with van der Waals surface area (Å²) in [6.07, 6.45) is -2.76. The van der Waals surface area contributed by atoms with E-state index < -0.39 is 41.9 Å². The lowest BCUT2D eigenvalue weighted by Gasteiger charge is -2.39. The number of anilines is 1. The Morgan fingerprint density at radius 2 is 2.09 bits per heavy atom. The molecule has 9 nitrogen and oxygen atoms in total. The third-order valence-electron chi connectivity index (χ3n) is 4.97. The quantitative estimate of drug-likeness (QED) is 0.577. The first kappa shape index (κ1) is 25.4. The number of aromatic nitrogens is 1. The molecule has 0 fully saturated rings. The minimum Gasteiger partial charge on any atom is -0.391 e. The maximum atomic E-state index is 14.8. The monoisotopic (exact) mass is 543 g/mol. The predicted octanol–water partition coefficient (Wildman–Crippen LogP) is 3.21. The summed E-state index contributed by atoms with van der Waals surface area (Å²) in [4.78, 5) is 33.5. The molecule has 0 bridgehead atoms. The average Bonchev–Trinajstić information content (AvgIpc) is 2.76. The Morgan fingerprint density at radius 1 is 1.35 bits per heavy atom. The van der Waals surface area contributed by atoms with Crippen molar-refractivity contribution in [3.63, 3.8) is 0 Å². The van der Waals surface area contributed by atoms with Gasteiger partial charge in [0.2, 0.25) is 11.8 Å². The summed E-state index contributed by atoms with van der Waals surface area (Å²) in [5.41, 5.74) is 3.25. The number of rotatable bonds is 6. The summed E-state index contributed by atoms with van der Waals surface area (Å²) >= 11 is 3.24. The number of halogens is 4. The number of amidine groups is 1. The van der Waals surface area contributed by atoms with E-state index in [0.717, 1.165) is 17.0 Å². The number of alkyl halides is 2. The van der Waals surface area contributed by atoms with Crippen molar-refractivity contribution in [2.45, 2.75) is 18.9 Å². The van der Waals surface area contributed by atoms with Gasteiger partial charge in [-0.1, -0.05) is 0 Å². The Morgan fingerprint density at radius 3 is 2.74 bits per heavy atom. The summed E-state index contributed by atoms with van der Waals surface area (Å²) in [7, 11) is 1.28. The molecule has 13 heteroatoms. The molecule has 0 radical (unpaired) electrons. The van der Waals surface area contributed by atoms with Crippen molar-refractivity contribution in [3.05, 3.63) is 51.9 Å². The first-order valence-corrected chi connectivity index (χ1v) is 10.6. The lowest BCUT2D eigenvalue weighted by Crippen LogP contribution is -2.55. The highest BCUT2D eigenvalue weighted by Crippen LogP contribution is 2.38. The summed E-state index contributed by atoms with van der Waals surface area (Å²) in [6.45, 7) is 0.458. The smallest absolute Gasteiger partial charge is 0.391 e. The second kappa shape index (κ2) is 10.4. The van der Waals surface area contributed by atoms with Crippen LogP contribution in [0.4, 0.5) is 23.7 Å². The van der Waals surface area contributed by atoms with Crippen LogP contribution in [0.25, 0.3) is 0 Å². The number of aryl methyl sites for hydroxylation is 1. The number of pyridine rings is 1. The van der Waals surface area contributed by atoms with Crippen molar-refractivity contribution in [2.75, 3.05) is 32.1 Å². The van der Waals surface area contributed by atoms with Crippen LogP contribution in [0.3, 0.4) is 0 Å². The van der Waals surface area contributed by atoms with E-state index in [2.05, 4.69) is 31.2 Å². The molecule has 1 aliphatic heterocycles. The van der Waals surface area contributed by atoms with E-state index >= 15 is 0 Å². The van der Waals surface area contributed by atoms with Crippen LogP contribution in [0.5, 0.6) is 5.88 Å². The van der Waals surface area contributed by atoms with Gasteiger partial charge in [-0.2, -0.15) is 0 Å². The van der Waals surface area contributed by atoms with Crippen LogP contribution in [0.15, 0.2) is 39.9 Å². The number of nitrogens with one attached hydrogen (secondary N) is 1. The molecule has 2 amide bonds. The van der Waals surface area contributed by atoms with Crippen molar-refractivity contribution >= 4 is 39.5 Å². The highest BCUT2D eigenvalue weighted by molar-refractivity contribution is 9.10. The highest BCUT2D eigenvalue weighted by Gasteiger charge is 2.48. The molecule has 1 aromatic carbocycles. The number of carbonyl (C=O) groups excluding carboxylic acids is 2. The standard InChI is InChI=1S/C21H21BrF3N5O4/c1-11-5-12(22)7-27-18(11)34-20(32)28-13-3-4-15(23)14(6-13)21(19(24)25)10-30(8-16(26)29-21)17(31)9-33-2/h3-7,19H,8-10H2,1-2H3,(H2,26,29)(H,28,32). The van der Waals surface area contributed by atoms with E-state index in [1.807, 2.05) is 0 Å². The molecular weight excluding hydrogens is 523 g/mol. The van der Waals surface area contributed by atoms with Crippen LogP contribution in [-0.4, -0.2) is 61.0 Å². The number of nitrogens with two attached hydrogens (primary N) is 1. The zero-order chi connectivity index (χ0) is 25.0. The average molecular weight is 544 g/mol. The van der Waals surface area contributed by atoms with Gasteiger partial charge in [0.1, 0.15) is 18.3 Å². The van der Waals surface area contributed by atoms with Crippen LogP contribution in [-0.2, 0) is 15.1 Å². The fourth-order valence-electron chi connectivity index (χ4n) is 3.44. The normalized spacial score (nSPS) is 18.0. The van der Waals surface area contributed by atoms with Crippen molar-refractivity contribution in [2.24, 2.45) is 10.7 Å². The molecule has 3 N–H and O–H groups in total. The molecule has 2 heterocycles. The number of amides is 2. The van der Waals surface area contributed by atoms with Gasteiger partial charge in [0.25, 0.3) is 6.43 Å². The number of hydrogen-bond donors (Lipinski definition) is 2. The number of methoxy groups -OCH3 is 1. The Kier molecular flexibility index (Phi) is 7.77. The maximum Gasteiger partial charge on any atom is 0.418 e. The molecule has 0 spiro atoms. The first-order chi connectivity index (χ1) is 16.1. The topological polar surface area (TPSA) is 119 Å². The lowest BCUT2D eigenvalue weighted by atomic mass is 9.87. The Hall–Kier alpha value is -3.19. The van der Waals surface area contributed by atoms with Gasteiger partial charge in [-0.25, -0.2) is 22.9 Å². The first-order valence-electron chi connectivity index (χ1n) is 9.85. The number of nitrogens with zero attached hydrogens (tertiary/aromatic N) is 3. The molecular formula is C21H21BrF3N5O4. The van der Waals surface area contributed by atoms with E-state index in [9.17, 15) is 22.8 Å². The van der Waals surface area contributed by atoms with Crippen LogP contribution in [0, 0.1) is 12.7 Å². The highest BCUT2D eigenvalue weighted by atomic mass is 79.9. The van der Waals surface area contributed by atoms with Crippen molar-refractivity contribution in [3.8, 4) is 5.88 Å². The minimum atomic E-state index is -3.23. The summed E-state index contributed by atoms with van der Waals surface area (Å²) < 4.78 is 54.2. The van der Waals surface area contributed by atoms with E-state index in [1.165, 1.54) is 19.4 Å². The third kappa shape index (κ3) is 5.47. The summed E-state index contributed by atoms with van der Waals surface area (Å²) in [5.74, 6) is -1.86. The Labute approximate surface area is 201 Å². The Bertz CT molecular complexity index is 1130. The molecule has 0 aliphatic carbocycles. The second-order valence-corrected chi connectivity index (χ2v) is 8.41. The van der Waals surface area contributed by atoms with Gasteiger partial charge in [-0.3, -0.25) is 15.1 Å². The third-order valence-corrected chi connectivity index (χ3v) is 5.41. The predicted molar refractivity (Wildman–Crippen MR) is 120 cm³/mol. The van der Waals surface area contributed by atoms with Gasteiger partial charge >= 0.3 is 6.09 Å². The molecule has 0 saturated carbocycles. The molecule has 182 valence electrons. The number of aliphatic imine (C=N–C) groups is 1. The second-order valence-electron chi connectivity index (χ2n) is 7.50. The molecule has 34 heavy (non-hydrogen) atoms. The van der Waals surface area contributed by atoms with Crippen LogP contribution < -0.4 is 15.8 Å². The summed E-state index contributed by atoms with van der Waals surface area (Å²) in [5, 5.41) is 2.36. The van der Waals surface area contributed by atoms with Gasteiger partial charge in [0, 0.05) is 34.6 Å². The molecule has 1 aromatic heterocycles. The zero-order valence-corrected chi connectivity index (χ0v) is 19.7. The van der Waals surface area contributed by atoms with E-state index in [4.69, 9.17) is 15.2 Å². The SMILES string of the molecule is COCC(=O)N1CC(N)=NC(c2cc(NC(=O)Oc3ncc(Br)cc3C)ccc2F)(C(F)F)C1. The van der Waals surface area contributed by atoms with Gasteiger partial charge in [-0.05, 0) is 47.1 Å². The minimum absolute atomic E-state index is 0.0315. The molecule has 1 aliphatic rings. The number of ether oxygens (including phenoxy) is 2. The van der Waals surface area contributed by atoms with Crippen molar-refractivity contribution < 1.29 is 32.2 Å². The van der Waals surface area contributed by atoms with Crippen molar-refractivity contribution in [1.82, 2.24) is 9.88 Å². The number of carbonyl (C=O) groups is 2. The van der Waals surface area contributed by atoms with E-state index in [1.54, 1.807) is 13.0 Å². The fourth-order valence-corrected chi connectivity index (χ4v) is 3.89. The van der Waals surface area contributed by atoms with Crippen LogP contribution in [0.2, 0.25) is 0 Å². The van der Waals surface area contributed by atoms with Crippen molar-refractivity contribution in [1.29, 1.82) is 0 Å². The molecule has 2 aromatic rings. The van der Waals surface area contributed by atoms with E-state index in [0.29, 0.717) is 10.0 Å². The van der Waals surface area contributed by atoms with E-state index in [-0.39, 0.29) is 30.6 Å². The van der Waals surface area contributed by atoms with Gasteiger partial charge in [0.05, 0.1) is 13.1 Å². The maximum absolute atomic E-state index is 14.8. The molecule has 1 unspecified atom stereocenters. The van der Waals surface area contributed by atoms with Gasteiger partial charge in [0.15, 0.2) is 5.54 Å². The Balaban J connectivity index is 1.91.